The van der Waals surface area contributed by atoms with Gasteiger partial charge in [0.15, 0.2) is 0 Å². The maximum atomic E-state index is 11.9. The SMILES string of the molecule is CC(CCc1ccccc1)NC(=O)CN(C)S(=O)(=O)N(C)C. The molecule has 0 saturated carbocycles. The monoisotopic (exact) mass is 327 g/mol. The molecule has 1 atom stereocenters. The van der Waals surface area contributed by atoms with E-state index in [2.05, 4.69) is 5.32 Å². The van der Waals surface area contributed by atoms with Crippen molar-refractivity contribution in [3.63, 3.8) is 0 Å². The number of amides is 1. The topological polar surface area (TPSA) is 69.7 Å². The molecule has 0 radical (unpaired) electrons. The smallest absolute Gasteiger partial charge is 0.281 e. The average Bonchev–Trinajstić information content (AvgIpc) is 2.45. The zero-order valence-electron chi connectivity index (χ0n) is 13.6. The van der Waals surface area contributed by atoms with Crippen molar-refractivity contribution in [3.8, 4) is 0 Å². The molecular weight excluding hydrogens is 302 g/mol. The van der Waals surface area contributed by atoms with Crippen molar-refractivity contribution >= 4 is 16.1 Å². The Morgan fingerprint density at radius 3 is 2.32 bits per heavy atom. The summed E-state index contributed by atoms with van der Waals surface area (Å²) in [7, 11) is 0.709. The number of hydrogen-bond donors (Lipinski definition) is 1. The molecule has 0 fully saturated rings. The fraction of sp³-hybridized carbons (Fsp3) is 0.533. The molecule has 0 heterocycles. The number of nitrogens with zero attached hydrogens (tertiary/aromatic N) is 2. The number of carbonyl (C=O) groups excluding carboxylic acids is 1. The zero-order valence-corrected chi connectivity index (χ0v) is 14.4. The first-order chi connectivity index (χ1) is 10.2. The van der Waals surface area contributed by atoms with Gasteiger partial charge in [-0.25, -0.2) is 0 Å². The van der Waals surface area contributed by atoms with Gasteiger partial charge in [-0.15, -0.1) is 0 Å². The molecule has 124 valence electrons. The Morgan fingerprint density at radius 1 is 1.18 bits per heavy atom. The van der Waals surface area contributed by atoms with Gasteiger partial charge in [-0.2, -0.15) is 17.0 Å². The molecule has 22 heavy (non-hydrogen) atoms. The maximum Gasteiger partial charge on any atom is 0.281 e. The van der Waals surface area contributed by atoms with E-state index in [4.69, 9.17) is 0 Å². The molecule has 0 aliphatic carbocycles. The average molecular weight is 327 g/mol. The predicted molar refractivity (Wildman–Crippen MR) is 87.6 cm³/mol. The van der Waals surface area contributed by atoms with Crippen LogP contribution in [0.1, 0.15) is 18.9 Å². The van der Waals surface area contributed by atoms with Gasteiger partial charge in [0, 0.05) is 27.2 Å². The first kappa shape index (κ1) is 18.6. The summed E-state index contributed by atoms with van der Waals surface area (Å²) in [5.74, 6) is -0.298. The standard InChI is InChI=1S/C15H25N3O3S/c1-13(10-11-14-8-6-5-7-9-14)16-15(19)12-18(4)22(20,21)17(2)3/h5-9,13H,10-12H2,1-4H3,(H,16,19). The Bertz CT molecular complexity index is 573. The Balaban J connectivity index is 2.41. The fourth-order valence-electron chi connectivity index (χ4n) is 1.98. The zero-order chi connectivity index (χ0) is 16.8. The van der Waals surface area contributed by atoms with Crippen LogP contribution in [-0.4, -0.2) is 56.7 Å². The van der Waals surface area contributed by atoms with Crippen LogP contribution in [0.5, 0.6) is 0 Å². The molecule has 0 bridgehead atoms. The lowest BCUT2D eigenvalue weighted by atomic mass is 10.1. The molecule has 1 aromatic carbocycles. The third-order valence-corrected chi connectivity index (χ3v) is 5.18. The van der Waals surface area contributed by atoms with Crippen molar-refractivity contribution in [1.82, 2.24) is 13.9 Å². The molecule has 1 amide bonds. The van der Waals surface area contributed by atoms with Gasteiger partial charge in [0.2, 0.25) is 5.91 Å². The molecule has 1 N–H and O–H groups in total. The van der Waals surface area contributed by atoms with Crippen LogP contribution in [0.25, 0.3) is 0 Å². The molecule has 0 aliphatic heterocycles. The number of carbonyl (C=O) groups is 1. The number of nitrogens with one attached hydrogen (secondary N) is 1. The van der Waals surface area contributed by atoms with Gasteiger partial charge >= 0.3 is 0 Å². The number of hydrogen-bond acceptors (Lipinski definition) is 3. The van der Waals surface area contributed by atoms with Crippen LogP contribution < -0.4 is 5.32 Å². The first-order valence-corrected chi connectivity index (χ1v) is 8.60. The molecule has 1 aromatic rings. The van der Waals surface area contributed by atoms with Gasteiger partial charge in [0.05, 0.1) is 6.54 Å². The molecule has 6 nitrogen and oxygen atoms in total. The summed E-state index contributed by atoms with van der Waals surface area (Å²) in [6, 6.07) is 10.0. The summed E-state index contributed by atoms with van der Waals surface area (Å²) in [6.07, 6.45) is 1.67. The van der Waals surface area contributed by atoms with E-state index in [1.165, 1.54) is 26.7 Å². The van der Waals surface area contributed by atoms with Crippen LogP contribution >= 0.6 is 0 Å². The Labute approximate surface area is 133 Å². The molecule has 0 spiro atoms. The largest absolute Gasteiger partial charge is 0.352 e. The van der Waals surface area contributed by atoms with E-state index >= 15 is 0 Å². The quantitative estimate of drug-likeness (QED) is 0.770. The highest BCUT2D eigenvalue weighted by molar-refractivity contribution is 7.86. The second-order valence-corrected chi connectivity index (χ2v) is 7.79. The van der Waals surface area contributed by atoms with E-state index in [1.807, 2.05) is 37.3 Å². The summed E-state index contributed by atoms with van der Waals surface area (Å²) in [5, 5.41) is 2.83. The van der Waals surface area contributed by atoms with E-state index in [1.54, 1.807) is 0 Å². The number of likely N-dealkylation sites (N-methyl/N-ethyl adjacent to an activating group) is 1. The molecule has 0 aliphatic rings. The number of aryl methyl sites for hydroxylation is 1. The minimum absolute atomic E-state index is 0.0110. The molecule has 1 unspecified atom stereocenters. The molecule has 1 rings (SSSR count). The predicted octanol–water partition coefficient (Wildman–Crippen LogP) is 0.862. The van der Waals surface area contributed by atoms with Crippen LogP contribution in [-0.2, 0) is 21.4 Å². The third kappa shape index (κ3) is 5.75. The van der Waals surface area contributed by atoms with Crippen molar-refractivity contribution in [2.45, 2.75) is 25.8 Å². The van der Waals surface area contributed by atoms with Crippen molar-refractivity contribution in [2.24, 2.45) is 0 Å². The van der Waals surface area contributed by atoms with Crippen molar-refractivity contribution in [3.05, 3.63) is 35.9 Å². The van der Waals surface area contributed by atoms with Gasteiger partial charge in [-0.1, -0.05) is 30.3 Å². The van der Waals surface area contributed by atoms with Crippen molar-refractivity contribution in [2.75, 3.05) is 27.7 Å². The Hall–Kier alpha value is -1.44. The molecular formula is C15H25N3O3S. The summed E-state index contributed by atoms with van der Waals surface area (Å²) >= 11 is 0. The number of benzene rings is 1. The van der Waals surface area contributed by atoms with E-state index < -0.39 is 10.2 Å². The van der Waals surface area contributed by atoms with Gasteiger partial charge in [-0.3, -0.25) is 4.79 Å². The minimum Gasteiger partial charge on any atom is -0.352 e. The van der Waals surface area contributed by atoms with E-state index in [9.17, 15) is 13.2 Å². The van der Waals surface area contributed by atoms with Crippen LogP contribution in [0.15, 0.2) is 30.3 Å². The van der Waals surface area contributed by atoms with Crippen LogP contribution in [0.3, 0.4) is 0 Å². The van der Waals surface area contributed by atoms with Gasteiger partial charge in [0.1, 0.15) is 0 Å². The summed E-state index contributed by atoms with van der Waals surface area (Å²) in [4.78, 5) is 11.9. The Morgan fingerprint density at radius 2 is 1.77 bits per heavy atom. The minimum atomic E-state index is -3.56. The highest BCUT2D eigenvalue weighted by atomic mass is 32.2. The van der Waals surface area contributed by atoms with Gasteiger partial charge in [0.25, 0.3) is 10.2 Å². The second kappa shape index (κ2) is 8.26. The third-order valence-electron chi connectivity index (χ3n) is 3.34. The summed E-state index contributed by atoms with van der Waals surface area (Å²) in [6.45, 7) is 1.73. The highest BCUT2D eigenvalue weighted by Gasteiger charge is 2.23. The van der Waals surface area contributed by atoms with Crippen LogP contribution in [0.2, 0.25) is 0 Å². The molecule has 7 heteroatoms. The second-order valence-electron chi connectivity index (χ2n) is 5.54. The summed E-state index contributed by atoms with van der Waals surface area (Å²) in [5.41, 5.74) is 1.22. The lowest BCUT2D eigenvalue weighted by Gasteiger charge is -2.22. The fourth-order valence-corrected chi connectivity index (χ4v) is 2.82. The van der Waals surface area contributed by atoms with Crippen molar-refractivity contribution < 1.29 is 13.2 Å². The van der Waals surface area contributed by atoms with Gasteiger partial charge < -0.3 is 5.32 Å². The first-order valence-electron chi connectivity index (χ1n) is 7.20. The van der Waals surface area contributed by atoms with Crippen LogP contribution in [0.4, 0.5) is 0 Å². The maximum absolute atomic E-state index is 11.9. The van der Waals surface area contributed by atoms with E-state index in [-0.39, 0.29) is 18.5 Å². The van der Waals surface area contributed by atoms with E-state index in [0.29, 0.717) is 0 Å². The Kier molecular flexibility index (Phi) is 6.99. The normalized spacial score (nSPS) is 13.4. The van der Waals surface area contributed by atoms with Crippen LogP contribution in [0, 0.1) is 0 Å². The lowest BCUT2D eigenvalue weighted by Crippen LogP contribution is -2.45. The highest BCUT2D eigenvalue weighted by Crippen LogP contribution is 2.05. The number of rotatable bonds is 8. The summed E-state index contributed by atoms with van der Waals surface area (Å²) < 4.78 is 25.8. The van der Waals surface area contributed by atoms with E-state index in [0.717, 1.165) is 21.5 Å². The molecule has 0 aromatic heterocycles. The van der Waals surface area contributed by atoms with Crippen molar-refractivity contribution in [1.29, 1.82) is 0 Å². The van der Waals surface area contributed by atoms with Gasteiger partial charge in [-0.05, 0) is 25.3 Å². The lowest BCUT2D eigenvalue weighted by molar-refractivity contribution is -0.121. The molecule has 0 saturated heterocycles.